The molecule has 0 aromatic heterocycles. The molecule has 8 heteroatoms. The molecule has 0 aliphatic carbocycles. The van der Waals surface area contributed by atoms with Crippen LogP contribution in [0.2, 0.25) is 0 Å². The van der Waals surface area contributed by atoms with Crippen molar-refractivity contribution < 1.29 is 18.9 Å². The molecule has 1 aliphatic heterocycles. The van der Waals surface area contributed by atoms with Gasteiger partial charge in [-0.3, -0.25) is 0 Å². The fraction of sp³-hybridized carbons (Fsp3) is 0.480. The minimum Gasteiger partial charge on any atom is -0.493 e. The minimum absolute atomic E-state index is 0. The second kappa shape index (κ2) is 13.5. The third kappa shape index (κ3) is 6.89. The van der Waals surface area contributed by atoms with Gasteiger partial charge >= 0.3 is 0 Å². The lowest BCUT2D eigenvalue weighted by Gasteiger charge is -2.38. The lowest BCUT2D eigenvalue weighted by atomic mass is 9.74. The van der Waals surface area contributed by atoms with Crippen molar-refractivity contribution in [2.75, 3.05) is 47.6 Å². The number of rotatable bonds is 9. The molecule has 1 saturated heterocycles. The van der Waals surface area contributed by atoms with Crippen molar-refractivity contribution in [3.8, 4) is 17.2 Å². The second-order valence-electron chi connectivity index (χ2n) is 7.84. The summed E-state index contributed by atoms with van der Waals surface area (Å²) in [4.78, 5) is 4.81. The van der Waals surface area contributed by atoms with E-state index in [0.717, 1.165) is 50.7 Å². The van der Waals surface area contributed by atoms with Crippen molar-refractivity contribution in [1.82, 2.24) is 10.6 Å². The fourth-order valence-corrected chi connectivity index (χ4v) is 4.11. The van der Waals surface area contributed by atoms with E-state index in [9.17, 15) is 0 Å². The average Bonchev–Trinajstić information content (AvgIpc) is 2.86. The van der Waals surface area contributed by atoms with Gasteiger partial charge in [-0.1, -0.05) is 30.3 Å². The number of ether oxygens (including phenoxy) is 4. The zero-order valence-electron chi connectivity index (χ0n) is 20.0. The van der Waals surface area contributed by atoms with Crippen LogP contribution in [-0.2, 0) is 16.7 Å². The number of nitrogens with zero attached hydrogens (tertiary/aromatic N) is 1. The summed E-state index contributed by atoms with van der Waals surface area (Å²) in [7, 11) is 4.84. The van der Waals surface area contributed by atoms with Crippen LogP contribution < -0.4 is 24.8 Å². The number of aliphatic imine (C=N–C) groups is 1. The summed E-state index contributed by atoms with van der Waals surface area (Å²) in [5.41, 5.74) is 2.35. The van der Waals surface area contributed by atoms with E-state index >= 15 is 0 Å². The van der Waals surface area contributed by atoms with Crippen molar-refractivity contribution in [2.45, 2.75) is 31.7 Å². The summed E-state index contributed by atoms with van der Waals surface area (Å²) >= 11 is 0. The van der Waals surface area contributed by atoms with Crippen molar-refractivity contribution in [2.24, 2.45) is 4.99 Å². The summed E-state index contributed by atoms with van der Waals surface area (Å²) < 4.78 is 22.0. The molecule has 3 rings (SSSR count). The van der Waals surface area contributed by atoms with Crippen molar-refractivity contribution >= 4 is 29.9 Å². The summed E-state index contributed by atoms with van der Waals surface area (Å²) in [5, 5.41) is 6.94. The van der Waals surface area contributed by atoms with Crippen LogP contribution in [0, 0.1) is 0 Å². The van der Waals surface area contributed by atoms with E-state index in [1.165, 1.54) is 5.56 Å². The number of hydrogen-bond acceptors (Lipinski definition) is 5. The quantitative estimate of drug-likeness (QED) is 0.269. The maximum Gasteiger partial charge on any atom is 0.203 e. The lowest BCUT2D eigenvalue weighted by Crippen LogP contribution is -2.48. The number of hydrogen-bond donors (Lipinski definition) is 2. The van der Waals surface area contributed by atoms with Crippen LogP contribution in [-0.4, -0.2) is 53.6 Å². The highest BCUT2D eigenvalue weighted by Gasteiger charge is 2.34. The number of methoxy groups -OCH3 is 3. The van der Waals surface area contributed by atoms with Gasteiger partial charge < -0.3 is 29.6 Å². The molecular weight excluding hydrogens is 533 g/mol. The van der Waals surface area contributed by atoms with Crippen LogP contribution >= 0.6 is 24.0 Å². The molecule has 0 bridgehead atoms. The van der Waals surface area contributed by atoms with Gasteiger partial charge in [0.15, 0.2) is 17.5 Å². The second-order valence-corrected chi connectivity index (χ2v) is 7.84. The van der Waals surface area contributed by atoms with Crippen LogP contribution in [0.3, 0.4) is 0 Å². The topological polar surface area (TPSA) is 73.3 Å². The Balaban J connectivity index is 0.00000385. The predicted octanol–water partition coefficient (Wildman–Crippen LogP) is 4.13. The third-order valence-corrected chi connectivity index (χ3v) is 5.92. The number of benzene rings is 2. The van der Waals surface area contributed by atoms with Gasteiger partial charge in [0.25, 0.3) is 0 Å². The molecule has 0 spiro atoms. The van der Waals surface area contributed by atoms with E-state index in [2.05, 4.69) is 47.9 Å². The van der Waals surface area contributed by atoms with E-state index < -0.39 is 0 Å². The molecule has 1 fully saturated rings. The predicted molar refractivity (Wildman–Crippen MR) is 143 cm³/mol. The first kappa shape index (κ1) is 27.0. The SMILES string of the molecule is CCNC(=NCc1cc(OC)c(OC)c(OC)c1)NCC1(c2ccccc2)CCOCC1.I. The first-order valence-corrected chi connectivity index (χ1v) is 11.1. The molecule has 33 heavy (non-hydrogen) atoms. The normalized spacial score (nSPS) is 15.2. The van der Waals surface area contributed by atoms with Gasteiger partial charge in [-0.25, -0.2) is 4.99 Å². The average molecular weight is 569 g/mol. The highest BCUT2D eigenvalue weighted by molar-refractivity contribution is 14.0. The molecule has 182 valence electrons. The van der Waals surface area contributed by atoms with Gasteiger partial charge in [0.2, 0.25) is 5.75 Å². The van der Waals surface area contributed by atoms with Gasteiger partial charge in [0.1, 0.15) is 0 Å². The molecule has 0 radical (unpaired) electrons. The Morgan fingerprint density at radius 2 is 1.61 bits per heavy atom. The van der Waals surface area contributed by atoms with E-state index in [0.29, 0.717) is 23.8 Å². The summed E-state index contributed by atoms with van der Waals surface area (Å²) in [6, 6.07) is 14.6. The van der Waals surface area contributed by atoms with Crippen LogP contribution in [0.15, 0.2) is 47.5 Å². The monoisotopic (exact) mass is 569 g/mol. The Kier molecular flexibility index (Phi) is 11.1. The Bertz CT molecular complexity index is 861. The Labute approximate surface area is 214 Å². The zero-order chi connectivity index (χ0) is 22.8. The highest BCUT2D eigenvalue weighted by Crippen LogP contribution is 2.38. The number of guanidine groups is 1. The molecule has 1 aliphatic rings. The van der Waals surface area contributed by atoms with Crippen LogP contribution in [0.1, 0.15) is 30.9 Å². The molecular formula is C25H36IN3O4. The minimum atomic E-state index is 0. The fourth-order valence-electron chi connectivity index (χ4n) is 4.11. The highest BCUT2D eigenvalue weighted by atomic mass is 127. The molecule has 2 N–H and O–H groups in total. The standard InChI is InChI=1S/C25H35N3O4.HI/c1-5-26-24(27-17-19-15-21(29-2)23(31-4)22(16-19)30-3)28-18-25(11-13-32-14-12-25)20-9-7-6-8-10-20;/h6-10,15-16H,5,11-14,17-18H2,1-4H3,(H2,26,27,28);1H. The largest absolute Gasteiger partial charge is 0.493 e. The van der Waals surface area contributed by atoms with Gasteiger partial charge in [-0.05, 0) is 43.0 Å². The van der Waals surface area contributed by atoms with Gasteiger partial charge in [0, 0.05) is 31.7 Å². The zero-order valence-corrected chi connectivity index (χ0v) is 22.3. The van der Waals surface area contributed by atoms with E-state index in [1.54, 1.807) is 21.3 Å². The molecule has 0 amide bonds. The van der Waals surface area contributed by atoms with Crippen LogP contribution in [0.4, 0.5) is 0 Å². The van der Waals surface area contributed by atoms with E-state index in [-0.39, 0.29) is 29.4 Å². The van der Waals surface area contributed by atoms with Gasteiger partial charge in [-0.15, -0.1) is 24.0 Å². The van der Waals surface area contributed by atoms with Crippen LogP contribution in [0.5, 0.6) is 17.2 Å². The molecule has 0 atom stereocenters. The summed E-state index contributed by atoms with van der Waals surface area (Å²) in [5.74, 6) is 2.61. The Hall–Kier alpha value is -2.20. The summed E-state index contributed by atoms with van der Waals surface area (Å²) in [6.45, 7) is 5.67. The maximum atomic E-state index is 5.66. The smallest absolute Gasteiger partial charge is 0.203 e. The molecule has 7 nitrogen and oxygen atoms in total. The van der Waals surface area contributed by atoms with Crippen molar-refractivity contribution in [3.05, 3.63) is 53.6 Å². The van der Waals surface area contributed by atoms with Crippen molar-refractivity contribution in [3.63, 3.8) is 0 Å². The molecule has 1 heterocycles. The van der Waals surface area contributed by atoms with E-state index in [4.69, 9.17) is 23.9 Å². The first-order valence-electron chi connectivity index (χ1n) is 11.1. The number of nitrogens with one attached hydrogen (secondary N) is 2. The molecule has 2 aromatic carbocycles. The molecule has 0 saturated carbocycles. The number of halogens is 1. The molecule has 2 aromatic rings. The molecule has 0 unspecified atom stereocenters. The maximum absolute atomic E-state index is 5.66. The van der Waals surface area contributed by atoms with Gasteiger partial charge in [-0.2, -0.15) is 0 Å². The van der Waals surface area contributed by atoms with Crippen molar-refractivity contribution in [1.29, 1.82) is 0 Å². The Morgan fingerprint density at radius 3 is 2.15 bits per heavy atom. The Morgan fingerprint density at radius 1 is 0.970 bits per heavy atom. The third-order valence-electron chi connectivity index (χ3n) is 5.92. The van der Waals surface area contributed by atoms with E-state index in [1.807, 2.05) is 12.1 Å². The van der Waals surface area contributed by atoms with Crippen LogP contribution in [0.25, 0.3) is 0 Å². The first-order chi connectivity index (χ1) is 15.7. The lowest BCUT2D eigenvalue weighted by molar-refractivity contribution is 0.0514. The van der Waals surface area contributed by atoms with Gasteiger partial charge in [0.05, 0.1) is 27.9 Å². The summed E-state index contributed by atoms with van der Waals surface area (Å²) in [6.07, 6.45) is 1.96.